The molecule has 1 aliphatic rings. The number of benzene rings is 1. The molecule has 36 heavy (non-hydrogen) atoms. The Hall–Kier alpha value is -1.90. The standard InChI is InChI=1S/C33H52N2O/c1-3-5-7-8-9-10-11-12-15-25-36-32-18-14-13-17-31(32)33-30(26-34-27-35-33)24-23-29-21-19-28(20-22-29)16-6-4-2/h13-14,17-18,26-29H,3-12,15-16,19-25H2,1-2H3. The van der Waals surface area contributed by atoms with Crippen LogP contribution in [0, 0.1) is 11.8 Å². The predicted octanol–water partition coefficient (Wildman–Crippen LogP) is 9.98. The molecular weight excluding hydrogens is 440 g/mol. The Morgan fingerprint density at radius 3 is 2.11 bits per heavy atom. The number of aromatic nitrogens is 2. The number of para-hydroxylation sites is 1. The highest BCUT2D eigenvalue weighted by Crippen LogP contribution is 2.36. The third-order valence-electron chi connectivity index (χ3n) is 8.19. The lowest BCUT2D eigenvalue weighted by atomic mass is 9.78. The van der Waals surface area contributed by atoms with Crippen molar-refractivity contribution in [1.29, 1.82) is 0 Å². The number of hydrogen-bond acceptors (Lipinski definition) is 3. The van der Waals surface area contributed by atoms with E-state index in [-0.39, 0.29) is 0 Å². The second-order valence-electron chi connectivity index (χ2n) is 11.1. The second kappa shape index (κ2) is 17.5. The summed E-state index contributed by atoms with van der Waals surface area (Å²) in [6.45, 7) is 5.38. The van der Waals surface area contributed by atoms with Crippen LogP contribution in [0.4, 0.5) is 0 Å². The first-order valence-corrected chi connectivity index (χ1v) is 15.3. The minimum absolute atomic E-state index is 0.786. The van der Waals surface area contributed by atoms with Gasteiger partial charge in [0, 0.05) is 11.8 Å². The second-order valence-corrected chi connectivity index (χ2v) is 11.1. The van der Waals surface area contributed by atoms with Crippen LogP contribution < -0.4 is 4.74 Å². The molecule has 0 aliphatic heterocycles. The average Bonchev–Trinajstić information content (AvgIpc) is 2.93. The van der Waals surface area contributed by atoms with Crippen LogP contribution in [0.1, 0.15) is 129 Å². The number of nitrogens with zero attached hydrogens (tertiary/aromatic N) is 2. The van der Waals surface area contributed by atoms with E-state index in [0.29, 0.717) is 0 Å². The van der Waals surface area contributed by atoms with E-state index in [0.717, 1.165) is 48.3 Å². The van der Waals surface area contributed by atoms with Crippen LogP contribution in [0.25, 0.3) is 11.3 Å². The van der Waals surface area contributed by atoms with Crippen molar-refractivity contribution in [3.05, 3.63) is 42.4 Å². The van der Waals surface area contributed by atoms with Crippen molar-refractivity contribution in [2.24, 2.45) is 11.8 Å². The molecule has 1 heterocycles. The monoisotopic (exact) mass is 492 g/mol. The molecule has 1 fully saturated rings. The molecule has 1 aliphatic carbocycles. The maximum absolute atomic E-state index is 6.28. The zero-order valence-electron chi connectivity index (χ0n) is 23.4. The van der Waals surface area contributed by atoms with Gasteiger partial charge in [0.05, 0.1) is 12.3 Å². The fraction of sp³-hybridized carbons (Fsp3) is 0.697. The van der Waals surface area contributed by atoms with E-state index >= 15 is 0 Å². The molecule has 1 saturated carbocycles. The highest BCUT2D eigenvalue weighted by Gasteiger charge is 2.21. The first kappa shape index (κ1) is 28.7. The lowest BCUT2D eigenvalue weighted by Crippen LogP contribution is -2.15. The lowest BCUT2D eigenvalue weighted by molar-refractivity contribution is 0.250. The molecule has 0 bridgehead atoms. The van der Waals surface area contributed by atoms with Gasteiger partial charge in [-0.2, -0.15) is 0 Å². The van der Waals surface area contributed by atoms with Crippen LogP contribution in [-0.4, -0.2) is 16.6 Å². The minimum Gasteiger partial charge on any atom is -0.493 e. The number of hydrogen-bond donors (Lipinski definition) is 0. The van der Waals surface area contributed by atoms with E-state index in [1.54, 1.807) is 6.33 Å². The normalized spacial score (nSPS) is 17.8. The van der Waals surface area contributed by atoms with Crippen molar-refractivity contribution in [1.82, 2.24) is 9.97 Å². The quantitative estimate of drug-likeness (QED) is 0.194. The van der Waals surface area contributed by atoms with Crippen LogP contribution in [0.2, 0.25) is 0 Å². The van der Waals surface area contributed by atoms with Crippen molar-refractivity contribution in [2.45, 2.75) is 129 Å². The summed E-state index contributed by atoms with van der Waals surface area (Å²) in [4.78, 5) is 9.11. The molecule has 0 amide bonds. The molecule has 0 radical (unpaired) electrons. The van der Waals surface area contributed by atoms with Gasteiger partial charge in [0.15, 0.2) is 0 Å². The number of aryl methyl sites for hydroxylation is 1. The van der Waals surface area contributed by atoms with E-state index in [4.69, 9.17) is 9.72 Å². The summed E-state index contributed by atoms with van der Waals surface area (Å²) in [6.07, 6.45) is 27.9. The van der Waals surface area contributed by atoms with Gasteiger partial charge in [-0.1, -0.05) is 122 Å². The first-order chi connectivity index (χ1) is 17.8. The fourth-order valence-electron chi connectivity index (χ4n) is 5.83. The molecule has 0 unspecified atom stereocenters. The van der Waals surface area contributed by atoms with E-state index in [9.17, 15) is 0 Å². The highest BCUT2D eigenvalue weighted by atomic mass is 16.5. The van der Waals surface area contributed by atoms with Crippen LogP contribution in [-0.2, 0) is 6.42 Å². The van der Waals surface area contributed by atoms with Gasteiger partial charge >= 0.3 is 0 Å². The molecule has 0 N–H and O–H groups in total. The number of rotatable bonds is 18. The summed E-state index contributed by atoms with van der Waals surface area (Å²) in [5, 5.41) is 0. The highest BCUT2D eigenvalue weighted by molar-refractivity contribution is 5.69. The zero-order chi connectivity index (χ0) is 25.3. The third kappa shape index (κ3) is 10.2. The van der Waals surface area contributed by atoms with E-state index in [2.05, 4.69) is 43.1 Å². The van der Waals surface area contributed by atoms with Crippen LogP contribution in [0.5, 0.6) is 5.75 Å². The smallest absolute Gasteiger partial charge is 0.128 e. The van der Waals surface area contributed by atoms with Crippen LogP contribution in [0.3, 0.4) is 0 Å². The third-order valence-corrected chi connectivity index (χ3v) is 8.19. The largest absolute Gasteiger partial charge is 0.493 e. The Bertz CT molecular complexity index is 828. The topological polar surface area (TPSA) is 35.0 Å². The van der Waals surface area contributed by atoms with Crippen LogP contribution in [0.15, 0.2) is 36.8 Å². The predicted molar refractivity (Wildman–Crippen MR) is 153 cm³/mol. The Balaban J connectivity index is 1.45. The molecule has 3 nitrogen and oxygen atoms in total. The molecule has 2 aromatic rings. The maximum Gasteiger partial charge on any atom is 0.128 e. The average molecular weight is 493 g/mol. The summed E-state index contributed by atoms with van der Waals surface area (Å²) in [6, 6.07) is 8.44. The molecule has 200 valence electrons. The van der Waals surface area contributed by atoms with Gasteiger partial charge in [0.1, 0.15) is 12.1 Å². The van der Waals surface area contributed by atoms with Gasteiger partial charge < -0.3 is 4.74 Å². The van der Waals surface area contributed by atoms with Crippen molar-refractivity contribution >= 4 is 0 Å². The van der Waals surface area contributed by atoms with E-state index in [1.165, 1.54) is 108 Å². The molecular formula is C33H52N2O. The van der Waals surface area contributed by atoms with Gasteiger partial charge in [0.2, 0.25) is 0 Å². The molecule has 3 heteroatoms. The van der Waals surface area contributed by atoms with Gasteiger partial charge in [0.25, 0.3) is 0 Å². The fourth-order valence-corrected chi connectivity index (χ4v) is 5.83. The summed E-state index contributed by atoms with van der Waals surface area (Å²) >= 11 is 0. The summed E-state index contributed by atoms with van der Waals surface area (Å²) in [5.41, 5.74) is 3.45. The van der Waals surface area contributed by atoms with Gasteiger partial charge in [-0.3, -0.25) is 0 Å². The molecule has 1 aromatic carbocycles. The van der Waals surface area contributed by atoms with Gasteiger partial charge in [-0.25, -0.2) is 9.97 Å². The first-order valence-electron chi connectivity index (χ1n) is 15.3. The Morgan fingerprint density at radius 2 is 1.39 bits per heavy atom. The van der Waals surface area contributed by atoms with Crippen molar-refractivity contribution in [3.8, 4) is 17.0 Å². The Labute approximate surface area is 221 Å². The van der Waals surface area contributed by atoms with Gasteiger partial charge in [-0.15, -0.1) is 0 Å². The minimum atomic E-state index is 0.786. The summed E-state index contributed by atoms with van der Waals surface area (Å²) in [7, 11) is 0. The van der Waals surface area contributed by atoms with Crippen molar-refractivity contribution < 1.29 is 4.74 Å². The zero-order valence-corrected chi connectivity index (χ0v) is 23.4. The molecule has 0 saturated heterocycles. The van der Waals surface area contributed by atoms with Crippen molar-refractivity contribution in [2.75, 3.05) is 6.61 Å². The van der Waals surface area contributed by atoms with E-state index < -0.39 is 0 Å². The maximum atomic E-state index is 6.28. The number of unbranched alkanes of at least 4 members (excludes halogenated alkanes) is 9. The van der Waals surface area contributed by atoms with Crippen LogP contribution >= 0.6 is 0 Å². The Kier molecular flexibility index (Phi) is 14.0. The van der Waals surface area contributed by atoms with Crippen molar-refractivity contribution in [3.63, 3.8) is 0 Å². The summed E-state index contributed by atoms with van der Waals surface area (Å²) in [5.74, 6) is 2.80. The number of ether oxygens (including phenoxy) is 1. The lowest BCUT2D eigenvalue weighted by Gasteiger charge is -2.28. The van der Waals surface area contributed by atoms with Gasteiger partial charge in [-0.05, 0) is 48.8 Å². The molecule has 3 rings (SSSR count). The van der Waals surface area contributed by atoms with E-state index in [1.807, 2.05) is 6.20 Å². The summed E-state index contributed by atoms with van der Waals surface area (Å²) < 4.78 is 6.28. The SMILES string of the molecule is CCCCCCCCCCCOc1ccccc1-c1ncncc1CCC1CCC(CCCC)CC1. The Morgan fingerprint density at radius 1 is 0.750 bits per heavy atom. The molecule has 0 spiro atoms. The molecule has 1 aromatic heterocycles. The molecule has 0 atom stereocenters.